The number of rotatable bonds is 7. The zero-order valence-electron chi connectivity index (χ0n) is 22.2. The summed E-state index contributed by atoms with van der Waals surface area (Å²) in [4.78, 5) is 15.6. The molecule has 0 bridgehead atoms. The van der Waals surface area contributed by atoms with E-state index in [0.717, 1.165) is 34.5 Å². The number of carbonyl (C=O) groups is 1. The molecule has 3 aromatic rings. The van der Waals surface area contributed by atoms with Gasteiger partial charge in [0.05, 0.1) is 5.56 Å². The highest BCUT2D eigenvalue weighted by Gasteiger charge is 2.32. The van der Waals surface area contributed by atoms with Crippen LogP contribution in [0, 0.1) is 0 Å². The summed E-state index contributed by atoms with van der Waals surface area (Å²) in [5.74, 6) is 0.168. The molecule has 200 valence electrons. The van der Waals surface area contributed by atoms with Gasteiger partial charge in [-0.2, -0.15) is 0 Å². The van der Waals surface area contributed by atoms with Crippen molar-refractivity contribution >= 4 is 5.78 Å². The van der Waals surface area contributed by atoms with Gasteiger partial charge in [-0.15, -0.1) is 0 Å². The van der Waals surface area contributed by atoms with Gasteiger partial charge in [0.15, 0.2) is 17.3 Å². The first-order valence-corrected chi connectivity index (χ1v) is 13.7. The monoisotopic (exact) mass is 515 g/mol. The molecule has 1 heterocycles. The van der Waals surface area contributed by atoms with Gasteiger partial charge in [0, 0.05) is 25.0 Å². The van der Waals surface area contributed by atoms with E-state index in [1.54, 1.807) is 18.2 Å². The Bertz CT molecular complexity index is 1270. The highest BCUT2D eigenvalue weighted by atomic mass is 16.5. The third-order valence-corrected chi connectivity index (χ3v) is 8.32. The molecule has 1 saturated heterocycles. The Morgan fingerprint density at radius 3 is 2.29 bits per heavy atom. The summed E-state index contributed by atoms with van der Waals surface area (Å²) >= 11 is 0. The van der Waals surface area contributed by atoms with Crippen LogP contribution in [0.25, 0.3) is 0 Å². The topological polar surface area (TPSA) is 90.2 Å². The number of ether oxygens (including phenoxy) is 1. The van der Waals surface area contributed by atoms with Crippen LogP contribution in [0.1, 0.15) is 78.1 Å². The molecule has 6 heteroatoms. The molecule has 0 amide bonds. The maximum Gasteiger partial charge on any atom is 0.168 e. The zero-order chi connectivity index (χ0) is 26.8. The molecule has 5 rings (SSSR count). The number of hydrogen-bond donors (Lipinski definition) is 3. The van der Waals surface area contributed by atoms with Crippen LogP contribution in [0.15, 0.2) is 54.6 Å². The second-order valence-electron chi connectivity index (χ2n) is 10.9. The molecule has 6 nitrogen and oxygen atoms in total. The number of phenols is 3. The minimum absolute atomic E-state index is 0.0561. The van der Waals surface area contributed by atoms with Crippen molar-refractivity contribution in [3.63, 3.8) is 0 Å². The number of hydrogen-bond acceptors (Lipinski definition) is 6. The van der Waals surface area contributed by atoms with E-state index in [0.29, 0.717) is 31.5 Å². The highest BCUT2D eigenvalue weighted by molar-refractivity contribution is 6.02. The molecule has 0 spiro atoms. The van der Waals surface area contributed by atoms with Crippen molar-refractivity contribution in [2.24, 2.45) is 0 Å². The molecule has 3 atom stereocenters. The van der Waals surface area contributed by atoms with Crippen LogP contribution in [0.3, 0.4) is 0 Å². The predicted octanol–water partition coefficient (Wildman–Crippen LogP) is 5.95. The number of fused-ring (bicyclic) bond motifs is 1. The number of carbonyl (C=O) groups excluding carboxylic acids is 1. The van der Waals surface area contributed by atoms with Crippen LogP contribution in [0.4, 0.5) is 0 Å². The highest BCUT2D eigenvalue weighted by Crippen LogP contribution is 2.43. The van der Waals surface area contributed by atoms with E-state index in [4.69, 9.17) is 4.74 Å². The van der Waals surface area contributed by atoms with Crippen LogP contribution in [0.5, 0.6) is 23.0 Å². The normalized spacial score (nSPS) is 21.7. The second-order valence-corrected chi connectivity index (χ2v) is 10.9. The van der Waals surface area contributed by atoms with Crippen molar-refractivity contribution in [2.45, 2.75) is 70.4 Å². The van der Waals surface area contributed by atoms with Crippen LogP contribution < -0.4 is 4.74 Å². The fourth-order valence-electron chi connectivity index (χ4n) is 6.18. The fraction of sp³-hybridized carbons (Fsp3) is 0.406. The van der Waals surface area contributed by atoms with Crippen molar-refractivity contribution in [1.29, 1.82) is 0 Å². The van der Waals surface area contributed by atoms with Gasteiger partial charge in [0.25, 0.3) is 0 Å². The van der Waals surface area contributed by atoms with E-state index in [9.17, 15) is 20.1 Å². The summed E-state index contributed by atoms with van der Waals surface area (Å²) in [5, 5.41) is 30.6. The number of phenolic OH excluding ortho intramolecular Hbond substituents is 3. The molecule has 1 fully saturated rings. The van der Waals surface area contributed by atoms with Crippen LogP contribution in [-0.4, -0.2) is 51.2 Å². The Kier molecular flexibility index (Phi) is 7.61. The summed E-state index contributed by atoms with van der Waals surface area (Å²) in [6.45, 7) is 6.16. The lowest BCUT2D eigenvalue weighted by molar-refractivity contribution is 0.0851. The van der Waals surface area contributed by atoms with E-state index in [-0.39, 0.29) is 40.9 Å². The van der Waals surface area contributed by atoms with Crippen molar-refractivity contribution in [1.82, 2.24) is 4.90 Å². The lowest BCUT2D eigenvalue weighted by Gasteiger charge is -2.38. The first-order valence-electron chi connectivity index (χ1n) is 13.7. The van der Waals surface area contributed by atoms with Crippen molar-refractivity contribution in [2.75, 3.05) is 13.2 Å². The van der Waals surface area contributed by atoms with Crippen molar-refractivity contribution in [3.8, 4) is 23.0 Å². The minimum atomic E-state index is -0.334. The van der Waals surface area contributed by atoms with Crippen LogP contribution in [0.2, 0.25) is 0 Å². The predicted molar refractivity (Wildman–Crippen MR) is 147 cm³/mol. The Labute approximate surface area is 224 Å². The molecule has 38 heavy (non-hydrogen) atoms. The lowest BCUT2D eigenvalue weighted by Crippen LogP contribution is -2.45. The van der Waals surface area contributed by atoms with Crippen molar-refractivity contribution < 1.29 is 24.9 Å². The smallest absolute Gasteiger partial charge is 0.168 e. The Balaban J connectivity index is 1.30. The fourth-order valence-corrected chi connectivity index (χ4v) is 6.18. The van der Waals surface area contributed by atoms with Gasteiger partial charge in [0.2, 0.25) is 0 Å². The molecule has 3 N–H and O–H groups in total. The second kappa shape index (κ2) is 11.1. The molecule has 1 aliphatic carbocycles. The molecule has 0 radical (unpaired) electrons. The van der Waals surface area contributed by atoms with Crippen LogP contribution >= 0.6 is 0 Å². The molecule has 3 unspecified atom stereocenters. The maximum atomic E-state index is 13.1. The summed E-state index contributed by atoms with van der Waals surface area (Å²) in [6.07, 6.45) is 5.14. The minimum Gasteiger partial charge on any atom is -0.508 e. The van der Waals surface area contributed by atoms with E-state index in [1.165, 1.54) is 19.3 Å². The molecule has 0 saturated carbocycles. The zero-order valence-corrected chi connectivity index (χ0v) is 22.2. The molecular weight excluding hydrogens is 478 g/mol. The van der Waals surface area contributed by atoms with E-state index >= 15 is 0 Å². The SMILES string of the molecule is CC1CCCC(C)N1CCOc1ccc(Cc2cc(O)c(O)c3c2CC(c2ccc(O)cc2)CC3=O)cc1. The van der Waals surface area contributed by atoms with E-state index in [1.807, 2.05) is 36.4 Å². The molecule has 1 aliphatic heterocycles. The number of benzene rings is 3. The van der Waals surface area contributed by atoms with Gasteiger partial charge >= 0.3 is 0 Å². The van der Waals surface area contributed by atoms with Gasteiger partial charge in [-0.3, -0.25) is 9.69 Å². The quantitative estimate of drug-likeness (QED) is 0.337. The number of likely N-dealkylation sites (tertiary alicyclic amines) is 1. The van der Waals surface area contributed by atoms with Gasteiger partial charge < -0.3 is 20.1 Å². The summed E-state index contributed by atoms with van der Waals surface area (Å²) in [5.41, 5.74) is 3.84. The number of piperidine rings is 1. The Morgan fingerprint density at radius 2 is 1.61 bits per heavy atom. The third kappa shape index (κ3) is 5.51. The number of aromatic hydroxyl groups is 3. The number of Topliss-reactive ketones (excluding diaryl/α,β-unsaturated/α-hetero) is 1. The first kappa shape index (κ1) is 26.1. The largest absolute Gasteiger partial charge is 0.508 e. The molecular formula is C32H37NO5. The number of nitrogens with zero attached hydrogens (tertiary/aromatic N) is 1. The lowest BCUT2D eigenvalue weighted by atomic mass is 9.76. The summed E-state index contributed by atoms with van der Waals surface area (Å²) in [6, 6.07) is 17.7. The maximum absolute atomic E-state index is 13.1. The van der Waals surface area contributed by atoms with Gasteiger partial charge in [-0.1, -0.05) is 30.7 Å². The van der Waals surface area contributed by atoms with Crippen LogP contribution in [-0.2, 0) is 12.8 Å². The summed E-state index contributed by atoms with van der Waals surface area (Å²) in [7, 11) is 0. The van der Waals surface area contributed by atoms with Gasteiger partial charge in [-0.25, -0.2) is 0 Å². The molecule has 3 aromatic carbocycles. The van der Waals surface area contributed by atoms with E-state index < -0.39 is 0 Å². The van der Waals surface area contributed by atoms with E-state index in [2.05, 4.69) is 18.7 Å². The third-order valence-electron chi connectivity index (χ3n) is 8.32. The first-order chi connectivity index (χ1) is 18.3. The molecule has 0 aromatic heterocycles. The van der Waals surface area contributed by atoms with Crippen molar-refractivity contribution in [3.05, 3.63) is 82.4 Å². The van der Waals surface area contributed by atoms with Gasteiger partial charge in [0.1, 0.15) is 18.1 Å². The Morgan fingerprint density at radius 1 is 0.921 bits per heavy atom. The standard InChI is InChI=1S/C32H37NO5/c1-20-4-3-5-21(2)33(20)14-15-38-27-12-6-22(7-13-27)16-25-19-30(36)32(37)31-28(25)17-24(18-29(31)35)23-8-10-26(34)11-9-23/h6-13,19-21,24,34,36-37H,3-5,14-18H2,1-2H3. The molecule has 2 aliphatic rings. The number of ketones is 1. The summed E-state index contributed by atoms with van der Waals surface area (Å²) < 4.78 is 6.04. The average Bonchev–Trinajstić information content (AvgIpc) is 2.90. The average molecular weight is 516 g/mol. The Hall–Kier alpha value is -3.51. The van der Waals surface area contributed by atoms with Gasteiger partial charge in [-0.05, 0) is 98.0 Å².